The third kappa shape index (κ3) is 2.67. The van der Waals surface area contributed by atoms with Gasteiger partial charge in [-0.25, -0.2) is 0 Å². The van der Waals surface area contributed by atoms with Crippen molar-refractivity contribution < 1.29 is 4.79 Å². The Labute approximate surface area is 130 Å². The van der Waals surface area contributed by atoms with Crippen molar-refractivity contribution in [3.05, 3.63) is 34.5 Å². The Balaban J connectivity index is 1.29. The van der Waals surface area contributed by atoms with Crippen molar-refractivity contribution in [1.82, 2.24) is 9.80 Å². The van der Waals surface area contributed by atoms with E-state index in [2.05, 4.69) is 17.1 Å². The number of rotatable bonds is 3. The SMILES string of the molecule is O=C(c1cccs1)N1CCN(C[C@@H]2C[C@@H]3C=C[C@H]2C3)CC1. The van der Waals surface area contributed by atoms with E-state index >= 15 is 0 Å². The second-order valence-electron chi connectivity index (χ2n) is 6.61. The number of thiophene rings is 1. The second kappa shape index (κ2) is 5.58. The molecule has 0 radical (unpaired) electrons. The number of fused-ring (bicyclic) bond motifs is 2. The molecule has 4 rings (SSSR count). The first-order valence-corrected chi connectivity index (χ1v) is 8.91. The molecule has 21 heavy (non-hydrogen) atoms. The van der Waals surface area contributed by atoms with E-state index < -0.39 is 0 Å². The monoisotopic (exact) mass is 302 g/mol. The summed E-state index contributed by atoms with van der Waals surface area (Å²) < 4.78 is 0. The van der Waals surface area contributed by atoms with Crippen LogP contribution in [0.25, 0.3) is 0 Å². The summed E-state index contributed by atoms with van der Waals surface area (Å²) in [5.74, 6) is 2.77. The van der Waals surface area contributed by atoms with Gasteiger partial charge in [-0.05, 0) is 42.0 Å². The van der Waals surface area contributed by atoms with Gasteiger partial charge < -0.3 is 4.90 Å². The molecule has 3 aliphatic rings. The zero-order valence-electron chi connectivity index (χ0n) is 12.3. The predicted molar refractivity (Wildman–Crippen MR) is 85.5 cm³/mol. The molecule has 1 amide bonds. The highest BCUT2D eigenvalue weighted by atomic mass is 32.1. The van der Waals surface area contributed by atoms with Gasteiger partial charge >= 0.3 is 0 Å². The minimum Gasteiger partial charge on any atom is -0.335 e. The Kier molecular flexibility index (Phi) is 3.59. The van der Waals surface area contributed by atoms with E-state index in [0.29, 0.717) is 0 Å². The highest BCUT2D eigenvalue weighted by Gasteiger charge is 2.36. The lowest BCUT2D eigenvalue weighted by atomic mass is 9.93. The molecular formula is C17H22N2OS. The lowest BCUT2D eigenvalue weighted by molar-refractivity contribution is 0.0615. The number of piperazine rings is 1. The molecule has 2 heterocycles. The third-order valence-corrected chi connectivity index (χ3v) is 6.16. The lowest BCUT2D eigenvalue weighted by Gasteiger charge is -2.36. The van der Waals surface area contributed by atoms with E-state index in [-0.39, 0.29) is 5.91 Å². The standard InChI is InChI=1S/C17H22N2OS/c20-17(16-2-1-9-21-16)19-7-5-18(6-8-19)12-15-11-13-3-4-14(15)10-13/h1-4,9,13-15H,5-8,10-12H2/t13-,14+,15+/m1/s1. The summed E-state index contributed by atoms with van der Waals surface area (Å²) in [7, 11) is 0. The zero-order chi connectivity index (χ0) is 14.2. The molecule has 0 unspecified atom stereocenters. The van der Waals surface area contributed by atoms with Crippen molar-refractivity contribution in [2.75, 3.05) is 32.7 Å². The number of carbonyl (C=O) groups excluding carboxylic acids is 1. The Bertz CT molecular complexity index is 531. The molecule has 0 aromatic carbocycles. The van der Waals surface area contributed by atoms with Crippen LogP contribution in [0.4, 0.5) is 0 Å². The molecule has 112 valence electrons. The van der Waals surface area contributed by atoms with E-state index in [1.54, 1.807) is 11.3 Å². The largest absolute Gasteiger partial charge is 0.335 e. The minimum atomic E-state index is 0.215. The fourth-order valence-electron chi connectivity index (χ4n) is 4.13. The van der Waals surface area contributed by atoms with Gasteiger partial charge in [0.15, 0.2) is 0 Å². The molecule has 1 saturated heterocycles. The molecule has 4 heteroatoms. The zero-order valence-corrected chi connectivity index (χ0v) is 13.1. The average Bonchev–Trinajstić information content (AvgIpc) is 3.25. The van der Waals surface area contributed by atoms with Crippen LogP contribution >= 0.6 is 11.3 Å². The summed E-state index contributed by atoms with van der Waals surface area (Å²) in [6.07, 6.45) is 7.63. The van der Waals surface area contributed by atoms with E-state index in [9.17, 15) is 4.79 Å². The third-order valence-electron chi connectivity index (χ3n) is 5.30. The quantitative estimate of drug-likeness (QED) is 0.802. The Morgan fingerprint density at radius 2 is 2.05 bits per heavy atom. The van der Waals surface area contributed by atoms with Crippen LogP contribution in [0.3, 0.4) is 0 Å². The van der Waals surface area contributed by atoms with Crippen LogP contribution < -0.4 is 0 Å². The van der Waals surface area contributed by atoms with Gasteiger partial charge in [0.25, 0.3) is 5.91 Å². The van der Waals surface area contributed by atoms with Gasteiger partial charge in [0.05, 0.1) is 4.88 Å². The fourth-order valence-corrected chi connectivity index (χ4v) is 4.82. The van der Waals surface area contributed by atoms with Crippen LogP contribution in [0.15, 0.2) is 29.7 Å². The van der Waals surface area contributed by atoms with Crippen molar-refractivity contribution >= 4 is 17.2 Å². The van der Waals surface area contributed by atoms with Gasteiger partial charge in [0.1, 0.15) is 0 Å². The Hall–Kier alpha value is -1.13. The summed E-state index contributed by atoms with van der Waals surface area (Å²) >= 11 is 1.55. The maximum absolute atomic E-state index is 12.3. The van der Waals surface area contributed by atoms with Crippen molar-refractivity contribution in [2.24, 2.45) is 17.8 Å². The average molecular weight is 302 g/mol. The first-order chi connectivity index (χ1) is 10.3. The topological polar surface area (TPSA) is 23.6 Å². The highest BCUT2D eigenvalue weighted by molar-refractivity contribution is 7.12. The van der Waals surface area contributed by atoms with Crippen LogP contribution in [0.1, 0.15) is 22.5 Å². The molecule has 1 aliphatic heterocycles. The number of carbonyl (C=O) groups is 1. The van der Waals surface area contributed by atoms with Crippen LogP contribution in [0.5, 0.6) is 0 Å². The summed E-state index contributed by atoms with van der Waals surface area (Å²) in [6.45, 7) is 5.07. The van der Waals surface area contributed by atoms with E-state index in [1.165, 1.54) is 19.4 Å². The smallest absolute Gasteiger partial charge is 0.264 e. The van der Waals surface area contributed by atoms with Gasteiger partial charge in [-0.3, -0.25) is 9.69 Å². The molecule has 3 atom stereocenters. The number of amides is 1. The normalized spacial score (nSPS) is 32.0. The van der Waals surface area contributed by atoms with Crippen molar-refractivity contribution in [3.8, 4) is 0 Å². The molecule has 1 aromatic heterocycles. The number of nitrogens with zero attached hydrogens (tertiary/aromatic N) is 2. The van der Waals surface area contributed by atoms with E-state index in [1.807, 2.05) is 22.4 Å². The van der Waals surface area contributed by atoms with Crippen molar-refractivity contribution in [1.29, 1.82) is 0 Å². The van der Waals surface area contributed by atoms with Crippen LogP contribution in [-0.4, -0.2) is 48.4 Å². The summed E-state index contributed by atoms with van der Waals surface area (Å²) in [5, 5.41) is 1.98. The van der Waals surface area contributed by atoms with Gasteiger partial charge in [-0.15, -0.1) is 11.3 Å². The van der Waals surface area contributed by atoms with Gasteiger partial charge in [0.2, 0.25) is 0 Å². The Morgan fingerprint density at radius 3 is 2.67 bits per heavy atom. The van der Waals surface area contributed by atoms with Crippen LogP contribution in [0, 0.1) is 17.8 Å². The molecule has 2 bridgehead atoms. The van der Waals surface area contributed by atoms with Crippen LogP contribution in [0.2, 0.25) is 0 Å². The number of hydrogen-bond donors (Lipinski definition) is 0. The predicted octanol–water partition coefficient (Wildman–Crippen LogP) is 2.72. The molecule has 0 N–H and O–H groups in total. The molecule has 3 nitrogen and oxygen atoms in total. The van der Waals surface area contributed by atoms with Gasteiger partial charge in [-0.2, -0.15) is 0 Å². The number of hydrogen-bond acceptors (Lipinski definition) is 3. The van der Waals surface area contributed by atoms with Crippen molar-refractivity contribution in [3.63, 3.8) is 0 Å². The molecule has 0 spiro atoms. The molecule has 1 saturated carbocycles. The van der Waals surface area contributed by atoms with Gasteiger partial charge in [-0.1, -0.05) is 18.2 Å². The number of allylic oxidation sites excluding steroid dienone is 2. The molecular weight excluding hydrogens is 280 g/mol. The maximum atomic E-state index is 12.3. The van der Waals surface area contributed by atoms with E-state index in [4.69, 9.17) is 0 Å². The first-order valence-electron chi connectivity index (χ1n) is 8.03. The summed E-state index contributed by atoms with van der Waals surface area (Å²) in [5.41, 5.74) is 0. The second-order valence-corrected chi connectivity index (χ2v) is 7.56. The maximum Gasteiger partial charge on any atom is 0.264 e. The van der Waals surface area contributed by atoms with E-state index in [0.717, 1.165) is 48.8 Å². The molecule has 2 fully saturated rings. The molecule has 2 aliphatic carbocycles. The summed E-state index contributed by atoms with van der Waals surface area (Å²) in [4.78, 5) is 17.8. The van der Waals surface area contributed by atoms with Gasteiger partial charge in [0, 0.05) is 32.7 Å². The fraction of sp³-hybridized carbons (Fsp3) is 0.588. The highest BCUT2D eigenvalue weighted by Crippen LogP contribution is 2.43. The summed E-state index contributed by atoms with van der Waals surface area (Å²) in [6, 6.07) is 3.89. The van der Waals surface area contributed by atoms with Crippen LogP contribution in [-0.2, 0) is 0 Å². The minimum absolute atomic E-state index is 0.215. The lowest BCUT2D eigenvalue weighted by Crippen LogP contribution is -2.49. The first kappa shape index (κ1) is 13.5. The Morgan fingerprint density at radius 1 is 1.19 bits per heavy atom. The molecule has 1 aromatic rings. The van der Waals surface area contributed by atoms with Crippen molar-refractivity contribution in [2.45, 2.75) is 12.8 Å².